The fourth-order valence-corrected chi connectivity index (χ4v) is 0. The monoisotopic (exact) mass is 124 g/mol. The van der Waals surface area contributed by atoms with Gasteiger partial charge in [0.2, 0.25) is 0 Å². The van der Waals surface area contributed by atoms with E-state index in [0.29, 0.717) is 0 Å². The maximum Gasteiger partial charge on any atom is 1.00 e. The van der Waals surface area contributed by atoms with Gasteiger partial charge >= 0.3 is 29.6 Å². The average Bonchev–Trinajstić information content (AvgIpc) is 0.918. The summed E-state index contributed by atoms with van der Waals surface area (Å²) >= 11 is 0. The van der Waals surface area contributed by atoms with E-state index in [1.807, 2.05) is 0 Å². The molecule has 0 saturated carbocycles. The zero-order valence-corrected chi connectivity index (χ0v) is 5.93. The van der Waals surface area contributed by atoms with E-state index in [9.17, 15) is 0 Å². The van der Waals surface area contributed by atoms with Crippen molar-refractivity contribution in [2.75, 3.05) is 0 Å². The van der Waals surface area contributed by atoms with Crippen molar-refractivity contribution >= 4 is 6.47 Å². The smallest absolute Gasteiger partial charge is 1.00 e. The predicted octanol–water partition coefficient (Wildman–Crippen LogP) is -5.66. The topological polar surface area (TPSA) is 132 Å². The van der Waals surface area contributed by atoms with Crippen LogP contribution in [-0.4, -0.2) is 28.0 Å². The molecule has 0 aliphatic heterocycles. The summed E-state index contributed by atoms with van der Waals surface area (Å²) in [6, 6.07) is 0. The molecular formula is CH9NaO5. The standard InChI is InChI=1S/CH2O2.Na.3H2O.H/c2-1-3;;;;;/h1H,(H,2,3);;3*1H2;/q;+1;;;;-1. The van der Waals surface area contributed by atoms with Gasteiger partial charge in [-0.15, -0.1) is 0 Å². The fraction of sp³-hybridized carbons (Fsp3) is 0. The van der Waals surface area contributed by atoms with E-state index in [-0.39, 0.29) is 53.9 Å². The molecule has 0 spiro atoms. The molecule has 0 saturated heterocycles. The summed E-state index contributed by atoms with van der Waals surface area (Å²) in [6.07, 6.45) is 0. The van der Waals surface area contributed by atoms with Crippen LogP contribution in [-0.2, 0) is 4.79 Å². The summed E-state index contributed by atoms with van der Waals surface area (Å²) in [5.74, 6) is 0. The number of rotatable bonds is 0. The molecule has 7 heavy (non-hydrogen) atoms. The van der Waals surface area contributed by atoms with Gasteiger partial charge in [-0.1, -0.05) is 0 Å². The van der Waals surface area contributed by atoms with Crippen LogP contribution in [0, 0.1) is 0 Å². The summed E-state index contributed by atoms with van der Waals surface area (Å²) in [5, 5.41) is 6.89. The molecule has 0 aliphatic rings. The van der Waals surface area contributed by atoms with Crippen LogP contribution in [0.5, 0.6) is 0 Å². The summed E-state index contributed by atoms with van der Waals surface area (Å²) < 4.78 is 0. The van der Waals surface area contributed by atoms with E-state index in [0.717, 1.165) is 0 Å². The van der Waals surface area contributed by atoms with Crippen LogP contribution in [0.4, 0.5) is 0 Å². The van der Waals surface area contributed by atoms with Gasteiger partial charge in [0.15, 0.2) is 0 Å². The maximum atomic E-state index is 8.36. The molecule has 0 fully saturated rings. The summed E-state index contributed by atoms with van der Waals surface area (Å²) in [5.41, 5.74) is 0. The number of carboxylic acid groups (broad SMARTS) is 1. The molecule has 44 valence electrons. The Morgan fingerprint density at radius 3 is 1.29 bits per heavy atom. The first-order valence-electron chi connectivity index (χ1n) is 0.494. The second kappa shape index (κ2) is 99.7. The van der Waals surface area contributed by atoms with Crippen LogP contribution in [0.15, 0.2) is 0 Å². The Kier molecular flexibility index (Phi) is 765. The van der Waals surface area contributed by atoms with Crippen LogP contribution in [0.2, 0.25) is 0 Å². The van der Waals surface area contributed by atoms with Gasteiger partial charge in [0.25, 0.3) is 6.47 Å². The number of hydrogen-bond acceptors (Lipinski definition) is 1. The minimum Gasteiger partial charge on any atom is -1.00 e. The quantitative estimate of drug-likeness (QED) is 0.254. The van der Waals surface area contributed by atoms with Gasteiger partial charge in [0, 0.05) is 0 Å². The first-order chi connectivity index (χ1) is 1.41. The summed E-state index contributed by atoms with van der Waals surface area (Å²) in [6.45, 7) is -0.250. The Balaban J connectivity index is -0.00000000200. The molecule has 0 rings (SSSR count). The normalized spacial score (nSPS) is 1.71. The minimum atomic E-state index is -0.250. The summed E-state index contributed by atoms with van der Waals surface area (Å²) in [7, 11) is 0. The van der Waals surface area contributed by atoms with Gasteiger partial charge in [0.05, 0.1) is 0 Å². The zero-order valence-electron chi connectivity index (χ0n) is 4.93. The first-order valence-corrected chi connectivity index (χ1v) is 0.494. The third-order valence-corrected chi connectivity index (χ3v) is 0. The fourth-order valence-electron chi connectivity index (χ4n) is 0. The molecular weight excluding hydrogens is 115 g/mol. The van der Waals surface area contributed by atoms with Crippen molar-refractivity contribution in [2.45, 2.75) is 0 Å². The maximum absolute atomic E-state index is 8.36. The average molecular weight is 124 g/mol. The van der Waals surface area contributed by atoms with E-state index in [2.05, 4.69) is 0 Å². The van der Waals surface area contributed by atoms with E-state index >= 15 is 0 Å². The van der Waals surface area contributed by atoms with Crippen molar-refractivity contribution in [3.8, 4) is 0 Å². The Hall–Kier alpha value is 0.350. The molecule has 6 heteroatoms. The van der Waals surface area contributed by atoms with Crippen molar-refractivity contribution in [1.29, 1.82) is 0 Å². The van der Waals surface area contributed by atoms with Crippen LogP contribution >= 0.6 is 0 Å². The van der Waals surface area contributed by atoms with E-state index in [1.165, 1.54) is 0 Å². The summed E-state index contributed by atoms with van der Waals surface area (Å²) in [4.78, 5) is 8.36. The zero-order chi connectivity index (χ0) is 2.71. The second-order valence-corrected chi connectivity index (χ2v) is 0.105. The molecule has 0 bridgehead atoms. The first kappa shape index (κ1) is 53.7. The Bertz CT molecular complexity index is 19.9. The number of hydrogen-bond donors (Lipinski definition) is 1. The molecule has 0 aromatic rings. The number of carbonyl (C=O) groups is 1. The van der Waals surface area contributed by atoms with Crippen molar-refractivity contribution in [3.05, 3.63) is 0 Å². The van der Waals surface area contributed by atoms with Crippen molar-refractivity contribution in [3.63, 3.8) is 0 Å². The van der Waals surface area contributed by atoms with E-state index < -0.39 is 0 Å². The van der Waals surface area contributed by atoms with Crippen LogP contribution in [0.3, 0.4) is 0 Å². The Morgan fingerprint density at radius 1 is 1.29 bits per heavy atom. The third-order valence-electron chi connectivity index (χ3n) is 0. The Labute approximate surface area is 64.0 Å². The molecule has 0 heterocycles. The van der Waals surface area contributed by atoms with Crippen molar-refractivity contribution in [2.24, 2.45) is 0 Å². The largest absolute Gasteiger partial charge is 1.00 e. The molecule has 0 radical (unpaired) electrons. The van der Waals surface area contributed by atoms with Crippen LogP contribution in [0.25, 0.3) is 0 Å². The van der Waals surface area contributed by atoms with E-state index in [4.69, 9.17) is 9.90 Å². The molecule has 0 aromatic carbocycles. The van der Waals surface area contributed by atoms with Gasteiger partial charge < -0.3 is 23.0 Å². The van der Waals surface area contributed by atoms with Crippen LogP contribution < -0.4 is 29.6 Å². The molecule has 5 nitrogen and oxygen atoms in total. The van der Waals surface area contributed by atoms with Gasteiger partial charge in [-0.25, -0.2) is 0 Å². The van der Waals surface area contributed by atoms with Crippen molar-refractivity contribution in [1.82, 2.24) is 0 Å². The van der Waals surface area contributed by atoms with Crippen LogP contribution in [0.1, 0.15) is 1.43 Å². The molecule has 0 unspecified atom stereocenters. The van der Waals surface area contributed by atoms with Gasteiger partial charge in [0.1, 0.15) is 0 Å². The van der Waals surface area contributed by atoms with Gasteiger partial charge in [-0.05, 0) is 0 Å². The minimum absolute atomic E-state index is 0. The third kappa shape index (κ3) is 981. The predicted molar refractivity (Wildman–Crippen MR) is 20.6 cm³/mol. The SMILES string of the molecule is O.O.O.O=CO.[H-].[Na+]. The van der Waals surface area contributed by atoms with Crippen molar-refractivity contribution < 1.29 is 57.3 Å². The molecule has 0 aliphatic carbocycles. The second-order valence-electron chi connectivity index (χ2n) is 0.105. The molecule has 0 atom stereocenters. The molecule has 0 aromatic heterocycles. The Morgan fingerprint density at radius 2 is 1.29 bits per heavy atom. The van der Waals surface area contributed by atoms with Gasteiger partial charge in [-0.2, -0.15) is 0 Å². The van der Waals surface area contributed by atoms with E-state index in [1.54, 1.807) is 0 Å². The molecule has 0 amide bonds. The van der Waals surface area contributed by atoms with Gasteiger partial charge in [-0.3, -0.25) is 4.79 Å². The molecule has 7 N–H and O–H groups in total.